The van der Waals surface area contributed by atoms with Crippen LogP contribution in [0.25, 0.3) is 0 Å². The topological polar surface area (TPSA) is 68.2 Å². The van der Waals surface area contributed by atoms with Crippen LogP contribution in [-0.2, 0) is 22.3 Å². The fourth-order valence-electron chi connectivity index (χ4n) is 3.05. The standard InChI is InChI=1S/C19H26N4O2S/c1-20-18(15-11-21-23(2)12-15)19(24)22-16-5-3-4-14(10-16)13-26-17-6-8-25-9-7-17/h3-5,10-12,17-18,20H,6-9,13H2,1-2H3,(H,22,24). The summed E-state index contributed by atoms with van der Waals surface area (Å²) >= 11 is 1.97. The third kappa shape index (κ3) is 5.09. The van der Waals surface area contributed by atoms with Gasteiger partial charge in [-0.15, -0.1) is 0 Å². The summed E-state index contributed by atoms with van der Waals surface area (Å²) in [4.78, 5) is 12.6. The summed E-state index contributed by atoms with van der Waals surface area (Å²) in [5.74, 6) is 0.863. The summed E-state index contributed by atoms with van der Waals surface area (Å²) < 4.78 is 7.11. The van der Waals surface area contributed by atoms with E-state index < -0.39 is 6.04 Å². The van der Waals surface area contributed by atoms with Gasteiger partial charge in [0.25, 0.3) is 0 Å². The number of nitrogens with zero attached hydrogens (tertiary/aromatic N) is 2. The third-order valence-electron chi connectivity index (χ3n) is 4.46. The summed E-state index contributed by atoms with van der Waals surface area (Å²) in [6, 6.07) is 7.66. The number of amides is 1. The lowest BCUT2D eigenvalue weighted by Crippen LogP contribution is -2.30. The second kappa shape index (κ2) is 9.21. The van der Waals surface area contributed by atoms with Crippen molar-refractivity contribution in [3.05, 3.63) is 47.8 Å². The second-order valence-electron chi connectivity index (χ2n) is 6.48. The quantitative estimate of drug-likeness (QED) is 0.780. The SMILES string of the molecule is CNC(C(=O)Nc1cccc(CSC2CCOCC2)c1)c1cnn(C)c1. The molecule has 1 aliphatic rings. The Morgan fingerprint density at radius 3 is 2.92 bits per heavy atom. The van der Waals surface area contributed by atoms with Crippen molar-refractivity contribution >= 4 is 23.4 Å². The molecule has 1 unspecified atom stereocenters. The fraction of sp³-hybridized carbons (Fsp3) is 0.474. The highest BCUT2D eigenvalue weighted by molar-refractivity contribution is 7.99. The minimum Gasteiger partial charge on any atom is -0.381 e. The van der Waals surface area contributed by atoms with E-state index in [9.17, 15) is 4.79 Å². The van der Waals surface area contributed by atoms with E-state index in [1.165, 1.54) is 5.56 Å². The van der Waals surface area contributed by atoms with Gasteiger partial charge in [0.15, 0.2) is 0 Å². The maximum atomic E-state index is 12.6. The van der Waals surface area contributed by atoms with Crippen LogP contribution >= 0.6 is 11.8 Å². The van der Waals surface area contributed by atoms with Crippen molar-refractivity contribution in [3.8, 4) is 0 Å². The van der Waals surface area contributed by atoms with Crippen LogP contribution in [0.1, 0.15) is 30.0 Å². The molecule has 0 bridgehead atoms. The number of likely N-dealkylation sites (N-methyl/N-ethyl adjacent to an activating group) is 1. The summed E-state index contributed by atoms with van der Waals surface area (Å²) in [5.41, 5.74) is 2.89. The van der Waals surface area contributed by atoms with E-state index in [-0.39, 0.29) is 5.91 Å². The van der Waals surface area contributed by atoms with Gasteiger partial charge in [0.1, 0.15) is 6.04 Å². The molecule has 140 valence electrons. The molecule has 1 aliphatic heterocycles. The van der Waals surface area contributed by atoms with Gasteiger partial charge in [-0.3, -0.25) is 9.48 Å². The number of carbonyl (C=O) groups excluding carboxylic acids is 1. The molecule has 1 amide bonds. The van der Waals surface area contributed by atoms with Crippen LogP contribution < -0.4 is 10.6 Å². The van der Waals surface area contributed by atoms with Crippen LogP contribution in [-0.4, -0.2) is 41.2 Å². The Balaban J connectivity index is 1.59. The predicted molar refractivity (Wildman–Crippen MR) is 105 cm³/mol. The molecule has 0 spiro atoms. The lowest BCUT2D eigenvalue weighted by molar-refractivity contribution is -0.118. The molecule has 0 saturated carbocycles. The number of anilines is 1. The Morgan fingerprint density at radius 1 is 1.42 bits per heavy atom. The Labute approximate surface area is 158 Å². The van der Waals surface area contributed by atoms with Gasteiger partial charge in [-0.25, -0.2) is 0 Å². The van der Waals surface area contributed by atoms with E-state index in [1.807, 2.05) is 37.1 Å². The molecule has 2 N–H and O–H groups in total. The van der Waals surface area contributed by atoms with Crippen LogP contribution in [0.5, 0.6) is 0 Å². The molecule has 7 heteroatoms. The molecular formula is C19H26N4O2S. The first-order chi connectivity index (χ1) is 12.7. The molecule has 1 saturated heterocycles. The number of rotatable bonds is 7. The van der Waals surface area contributed by atoms with E-state index >= 15 is 0 Å². The molecule has 1 aromatic carbocycles. The lowest BCUT2D eigenvalue weighted by Gasteiger charge is -2.21. The average Bonchev–Trinajstić information content (AvgIpc) is 3.08. The molecule has 0 aliphatic carbocycles. The van der Waals surface area contributed by atoms with E-state index in [4.69, 9.17) is 4.74 Å². The largest absolute Gasteiger partial charge is 0.381 e. The third-order valence-corrected chi connectivity index (χ3v) is 5.90. The minimum atomic E-state index is -0.427. The molecular weight excluding hydrogens is 348 g/mol. The Bertz CT molecular complexity index is 728. The first-order valence-corrected chi connectivity index (χ1v) is 9.95. The van der Waals surface area contributed by atoms with Crippen molar-refractivity contribution in [3.63, 3.8) is 0 Å². The van der Waals surface area contributed by atoms with Gasteiger partial charge in [0.05, 0.1) is 6.20 Å². The number of nitrogens with one attached hydrogen (secondary N) is 2. The minimum absolute atomic E-state index is 0.0882. The van der Waals surface area contributed by atoms with Crippen molar-refractivity contribution in [2.45, 2.75) is 29.9 Å². The lowest BCUT2D eigenvalue weighted by atomic mass is 10.1. The van der Waals surface area contributed by atoms with Crippen molar-refractivity contribution in [2.75, 3.05) is 25.6 Å². The summed E-state index contributed by atoms with van der Waals surface area (Å²) in [5, 5.41) is 10.9. The van der Waals surface area contributed by atoms with Crippen LogP contribution in [0.4, 0.5) is 5.69 Å². The Hall–Kier alpha value is -1.83. The normalized spacial score (nSPS) is 16.4. The number of aromatic nitrogens is 2. The molecule has 2 heterocycles. The van der Waals surface area contributed by atoms with E-state index in [0.717, 1.165) is 43.1 Å². The zero-order chi connectivity index (χ0) is 18.4. The molecule has 3 rings (SSSR count). The molecule has 1 atom stereocenters. The van der Waals surface area contributed by atoms with Gasteiger partial charge < -0.3 is 15.4 Å². The van der Waals surface area contributed by atoms with Gasteiger partial charge in [0.2, 0.25) is 5.91 Å². The van der Waals surface area contributed by atoms with Crippen molar-refractivity contribution in [1.29, 1.82) is 0 Å². The smallest absolute Gasteiger partial charge is 0.246 e. The fourth-order valence-corrected chi connectivity index (χ4v) is 4.18. The number of hydrogen-bond donors (Lipinski definition) is 2. The van der Waals surface area contributed by atoms with E-state index in [2.05, 4.69) is 27.9 Å². The molecule has 2 aromatic rings. The average molecular weight is 375 g/mol. The monoisotopic (exact) mass is 374 g/mol. The maximum Gasteiger partial charge on any atom is 0.246 e. The van der Waals surface area contributed by atoms with Crippen molar-refractivity contribution in [2.24, 2.45) is 7.05 Å². The highest BCUT2D eigenvalue weighted by Gasteiger charge is 2.20. The molecule has 0 radical (unpaired) electrons. The number of aryl methyl sites for hydroxylation is 1. The zero-order valence-corrected chi connectivity index (χ0v) is 16.1. The molecule has 1 fully saturated rings. The van der Waals surface area contributed by atoms with Gasteiger partial charge in [-0.05, 0) is 37.6 Å². The van der Waals surface area contributed by atoms with Gasteiger partial charge >= 0.3 is 0 Å². The zero-order valence-electron chi connectivity index (χ0n) is 15.3. The van der Waals surface area contributed by atoms with E-state index in [0.29, 0.717) is 5.25 Å². The number of hydrogen-bond acceptors (Lipinski definition) is 5. The van der Waals surface area contributed by atoms with Crippen LogP contribution in [0.3, 0.4) is 0 Å². The molecule has 26 heavy (non-hydrogen) atoms. The summed E-state index contributed by atoms with van der Waals surface area (Å²) in [6.45, 7) is 1.74. The summed E-state index contributed by atoms with van der Waals surface area (Å²) in [7, 11) is 3.62. The van der Waals surface area contributed by atoms with Crippen molar-refractivity contribution in [1.82, 2.24) is 15.1 Å². The van der Waals surface area contributed by atoms with Gasteiger partial charge in [-0.2, -0.15) is 16.9 Å². The highest BCUT2D eigenvalue weighted by Crippen LogP contribution is 2.26. The predicted octanol–water partition coefficient (Wildman–Crippen LogP) is 2.73. The first-order valence-electron chi connectivity index (χ1n) is 8.90. The van der Waals surface area contributed by atoms with Gasteiger partial charge in [-0.1, -0.05) is 12.1 Å². The summed E-state index contributed by atoms with van der Waals surface area (Å²) in [6.07, 6.45) is 5.80. The maximum absolute atomic E-state index is 12.6. The molecule has 1 aromatic heterocycles. The van der Waals surface area contributed by atoms with E-state index in [1.54, 1.807) is 17.9 Å². The van der Waals surface area contributed by atoms with Crippen molar-refractivity contribution < 1.29 is 9.53 Å². The number of ether oxygens (including phenoxy) is 1. The highest BCUT2D eigenvalue weighted by atomic mass is 32.2. The number of carbonyl (C=O) groups is 1. The van der Waals surface area contributed by atoms with Crippen LogP contribution in [0, 0.1) is 0 Å². The Kier molecular flexibility index (Phi) is 6.71. The molecule has 6 nitrogen and oxygen atoms in total. The first kappa shape index (κ1) is 18.9. The van der Waals surface area contributed by atoms with Crippen LogP contribution in [0.2, 0.25) is 0 Å². The van der Waals surface area contributed by atoms with Gasteiger partial charge in [0, 0.05) is 48.7 Å². The Morgan fingerprint density at radius 2 is 2.23 bits per heavy atom. The van der Waals surface area contributed by atoms with Crippen LogP contribution in [0.15, 0.2) is 36.7 Å². The number of thioether (sulfide) groups is 1. The second-order valence-corrected chi connectivity index (χ2v) is 7.77. The number of benzene rings is 1.